The van der Waals surface area contributed by atoms with Gasteiger partial charge in [0.1, 0.15) is 6.04 Å². The van der Waals surface area contributed by atoms with Crippen molar-refractivity contribution in [2.24, 2.45) is 5.73 Å². The standard InChI is InChI=1S/C8H16N2O4/c1-5(9)7(11)10-6(8(12)13)3-4-14-2/h5-6H,3-4,9H2,1-2H3,(H,10,11)(H,12,13)/t5-,6?/m1/s1. The summed E-state index contributed by atoms with van der Waals surface area (Å²) in [6.07, 6.45) is 0.226. The summed E-state index contributed by atoms with van der Waals surface area (Å²) in [4.78, 5) is 21.7. The number of ether oxygens (including phenoxy) is 1. The summed E-state index contributed by atoms with van der Waals surface area (Å²) in [6, 6.07) is -1.65. The van der Waals surface area contributed by atoms with Crippen molar-refractivity contribution < 1.29 is 19.4 Å². The van der Waals surface area contributed by atoms with Crippen LogP contribution in [0.25, 0.3) is 0 Å². The third-order valence-electron chi connectivity index (χ3n) is 1.64. The number of rotatable bonds is 6. The van der Waals surface area contributed by atoms with E-state index in [2.05, 4.69) is 5.32 Å². The van der Waals surface area contributed by atoms with Crippen LogP contribution in [0.3, 0.4) is 0 Å². The Labute approximate surface area is 82.4 Å². The van der Waals surface area contributed by atoms with Gasteiger partial charge in [0.25, 0.3) is 0 Å². The SMILES string of the molecule is COCCC(NC(=O)[C@@H](C)N)C(=O)O. The summed E-state index contributed by atoms with van der Waals surface area (Å²) in [6.45, 7) is 1.76. The van der Waals surface area contributed by atoms with Gasteiger partial charge in [-0.25, -0.2) is 4.79 Å². The molecule has 0 saturated carbocycles. The molecule has 0 spiro atoms. The number of carbonyl (C=O) groups is 2. The summed E-state index contributed by atoms with van der Waals surface area (Å²) >= 11 is 0. The van der Waals surface area contributed by atoms with Gasteiger partial charge in [-0.1, -0.05) is 0 Å². The van der Waals surface area contributed by atoms with Crippen molar-refractivity contribution in [3.8, 4) is 0 Å². The maximum atomic E-state index is 11.1. The van der Waals surface area contributed by atoms with Crippen molar-refractivity contribution in [3.05, 3.63) is 0 Å². The number of amides is 1. The fourth-order valence-corrected chi connectivity index (χ4v) is 0.796. The molecule has 6 nitrogen and oxygen atoms in total. The number of carboxylic acid groups (broad SMARTS) is 1. The monoisotopic (exact) mass is 204 g/mol. The number of hydrogen-bond donors (Lipinski definition) is 3. The topological polar surface area (TPSA) is 102 Å². The molecule has 0 saturated heterocycles. The number of aliphatic carboxylic acids is 1. The Balaban J connectivity index is 4.09. The maximum Gasteiger partial charge on any atom is 0.326 e. The zero-order valence-corrected chi connectivity index (χ0v) is 8.32. The van der Waals surface area contributed by atoms with Crippen molar-refractivity contribution in [1.82, 2.24) is 5.32 Å². The minimum absolute atomic E-state index is 0.226. The van der Waals surface area contributed by atoms with Crippen LogP contribution in [0.4, 0.5) is 0 Å². The molecule has 82 valence electrons. The normalized spacial score (nSPS) is 14.5. The van der Waals surface area contributed by atoms with Gasteiger partial charge < -0.3 is 20.9 Å². The fraction of sp³-hybridized carbons (Fsp3) is 0.750. The summed E-state index contributed by atoms with van der Waals surface area (Å²) in [5.41, 5.74) is 5.28. The predicted molar refractivity (Wildman–Crippen MR) is 49.7 cm³/mol. The lowest BCUT2D eigenvalue weighted by atomic mass is 10.2. The van der Waals surface area contributed by atoms with Gasteiger partial charge in [-0.3, -0.25) is 4.79 Å². The lowest BCUT2D eigenvalue weighted by Crippen LogP contribution is -2.47. The molecule has 0 aromatic carbocycles. The fourth-order valence-electron chi connectivity index (χ4n) is 0.796. The van der Waals surface area contributed by atoms with Crippen LogP contribution in [-0.2, 0) is 14.3 Å². The van der Waals surface area contributed by atoms with E-state index in [0.29, 0.717) is 0 Å². The van der Waals surface area contributed by atoms with Gasteiger partial charge in [-0.2, -0.15) is 0 Å². The lowest BCUT2D eigenvalue weighted by molar-refractivity contribution is -0.142. The molecule has 0 rings (SSSR count). The largest absolute Gasteiger partial charge is 0.480 e. The van der Waals surface area contributed by atoms with E-state index in [-0.39, 0.29) is 13.0 Å². The molecule has 1 amide bonds. The molecule has 6 heteroatoms. The van der Waals surface area contributed by atoms with E-state index in [1.807, 2.05) is 0 Å². The van der Waals surface area contributed by atoms with Crippen LogP contribution in [0.1, 0.15) is 13.3 Å². The van der Waals surface area contributed by atoms with Crippen molar-refractivity contribution in [3.63, 3.8) is 0 Å². The Morgan fingerprint density at radius 1 is 1.57 bits per heavy atom. The van der Waals surface area contributed by atoms with E-state index >= 15 is 0 Å². The Morgan fingerprint density at radius 2 is 2.14 bits per heavy atom. The third kappa shape index (κ3) is 4.78. The molecule has 0 heterocycles. The first kappa shape index (κ1) is 12.9. The Hall–Kier alpha value is -1.14. The average Bonchev–Trinajstić information content (AvgIpc) is 2.10. The first-order valence-electron chi connectivity index (χ1n) is 4.26. The molecular weight excluding hydrogens is 188 g/mol. The lowest BCUT2D eigenvalue weighted by Gasteiger charge is -2.15. The number of carboxylic acids is 1. The smallest absolute Gasteiger partial charge is 0.326 e. The van der Waals surface area contributed by atoms with Gasteiger partial charge in [0.2, 0.25) is 5.91 Å². The second-order valence-corrected chi connectivity index (χ2v) is 2.97. The molecule has 0 aliphatic carbocycles. The van der Waals surface area contributed by atoms with Crippen LogP contribution in [0.5, 0.6) is 0 Å². The predicted octanol–water partition coefficient (Wildman–Crippen LogP) is -1.06. The van der Waals surface area contributed by atoms with Crippen LogP contribution < -0.4 is 11.1 Å². The van der Waals surface area contributed by atoms with Gasteiger partial charge in [0.15, 0.2) is 0 Å². The molecule has 0 bridgehead atoms. The first-order valence-corrected chi connectivity index (χ1v) is 4.26. The molecule has 0 radical (unpaired) electrons. The first-order chi connectivity index (χ1) is 6.49. The molecule has 0 aliphatic heterocycles. The van der Waals surface area contributed by atoms with Gasteiger partial charge in [0, 0.05) is 20.1 Å². The van der Waals surface area contributed by atoms with E-state index < -0.39 is 24.0 Å². The molecule has 1 unspecified atom stereocenters. The molecule has 14 heavy (non-hydrogen) atoms. The Morgan fingerprint density at radius 3 is 2.50 bits per heavy atom. The summed E-state index contributed by atoms with van der Waals surface area (Å²) in [7, 11) is 1.46. The second kappa shape index (κ2) is 6.33. The molecule has 4 N–H and O–H groups in total. The average molecular weight is 204 g/mol. The second-order valence-electron chi connectivity index (χ2n) is 2.97. The highest BCUT2D eigenvalue weighted by molar-refractivity contribution is 5.86. The van der Waals surface area contributed by atoms with E-state index in [1.54, 1.807) is 0 Å². The van der Waals surface area contributed by atoms with E-state index in [0.717, 1.165) is 0 Å². The quantitative estimate of drug-likeness (QED) is 0.512. The number of methoxy groups -OCH3 is 1. The molecule has 0 aliphatic rings. The number of hydrogen-bond acceptors (Lipinski definition) is 4. The van der Waals surface area contributed by atoms with Crippen LogP contribution in [-0.4, -0.2) is 42.8 Å². The number of carbonyl (C=O) groups excluding carboxylic acids is 1. The minimum Gasteiger partial charge on any atom is -0.480 e. The van der Waals surface area contributed by atoms with E-state index in [1.165, 1.54) is 14.0 Å². The molecule has 0 fully saturated rings. The molecule has 2 atom stereocenters. The van der Waals surface area contributed by atoms with Crippen LogP contribution in [0.15, 0.2) is 0 Å². The molecule has 0 aromatic heterocycles. The Kier molecular flexibility index (Phi) is 5.82. The summed E-state index contributed by atoms with van der Waals surface area (Å²) in [5.74, 6) is -1.57. The molecule has 0 aromatic rings. The van der Waals surface area contributed by atoms with Crippen molar-refractivity contribution in [2.45, 2.75) is 25.4 Å². The van der Waals surface area contributed by atoms with Crippen molar-refractivity contribution >= 4 is 11.9 Å². The van der Waals surface area contributed by atoms with E-state index in [9.17, 15) is 9.59 Å². The highest BCUT2D eigenvalue weighted by Gasteiger charge is 2.20. The van der Waals surface area contributed by atoms with Gasteiger partial charge in [-0.15, -0.1) is 0 Å². The summed E-state index contributed by atoms with van der Waals surface area (Å²) in [5, 5.41) is 11.0. The maximum absolute atomic E-state index is 11.1. The van der Waals surface area contributed by atoms with Crippen molar-refractivity contribution in [2.75, 3.05) is 13.7 Å². The van der Waals surface area contributed by atoms with Crippen molar-refractivity contribution in [1.29, 1.82) is 0 Å². The van der Waals surface area contributed by atoms with Crippen LogP contribution in [0, 0.1) is 0 Å². The minimum atomic E-state index is -1.09. The van der Waals surface area contributed by atoms with Crippen LogP contribution >= 0.6 is 0 Å². The zero-order chi connectivity index (χ0) is 11.1. The van der Waals surface area contributed by atoms with E-state index in [4.69, 9.17) is 15.6 Å². The van der Waals surface area contributed by atoms with Gasteiger partial charge >= 0.3 is 5.97 Å². The highest BCUT2D eigenvalue weighted by atomic mass is 16.5. The highest BCUT2D eigenvalue weighted by Crippen LogP contribution is 1.93. The molecular formula is C8H16N2O4. The van der Waals surface area contributed by atoms with Gasteiger partial charge in [-0.05, 0) is 6.92 Å². The number of nitrogens with one attached hydrogen (secondary N) is 1. The number of nitrogens with two attached hydrogens (primary N) is 1. The zero-order valence-electron chi connectivity index (χ0n) is 8.32. The Bertz CT molecular complexity index is 206. The van der Waals surface area contributed by atoms with Gasteiger partial charge in [0.05, 0.1) is 6.04 Å². The third-order valence-corrected chi connectivity index (χ3v) is 1.64. The summed E-state index contributed by atoms with van der Waals surface area (Å²) < 4.78 is 4.72. The van der Waals surface area contributed by atoms with Crippen LogP contribution in [0.2, 0.25) is 0 Å².